The van der Waals surface area contributed by atoms with Gasteiger partial charge in [-0.1, -0.05) is 24.8 Å². The van der Waals surface area contributed by atoms with Crippen molar-refractivity contribution >= 4 is 37.0 Å². The Hall–Kier alpha value is -0.590. The summed E-state index contributed by atoms with van der Waals surface area (Å²) in [6.07, 6.45) is 8.91. The van der Waals surface area contributed by atoms with Crippen LogP contribution in [0.5, 0.6) is 0 Å². The Morgan fingerprint density at radius 2 is 1.43 bits per heavy atom. The van der Waals surface area contributed by atoms with Gasteiger partial charge in [0.05, 0.1) is 52.6 Å². The van der Waals surface area contributed by atoms with Crippen molar-refractivity contribution in [3.63, 3.8) is 0 Å². The van der Waals surface area contributed by atoms with E-state index in [1.807, 2.05) is 11.8 Å². The number of nitrogens with one attached hydrogen (secondary N) is 1. The van der Waals surface area contributed by atoms with Crippen LogP contribution in [0.25, 0.3) is 5.69 Å². The number of thioether (sulfide) groups is 1. The summed E-state index contributed by atoms with van der Waals surface area (Å²) in [6, 6.07) is 11.6. The Kier molecular flexibility index (Phi) is 7.15. The molecule has 0 amide bonds. The van der Waals surface area contributed by atoms with Crippen molar-refractivity contribution in [1.82, 2.24) is 9.65 Å². The van der Waals surface area contributed by atoms with E-state index in [1.165, 1.54) is 54.9 Å². The van der Waals surface area contributed by atoms with Gasteiger partial charge in [0, 0.05) is 5.69 Å². The van der Waals surface area contributed by atoms with E-state index in [0.29, 0.717) is 6.04 Å². The maximum atomic E-state index is 5.09. The highest BCUT2D eigenvalue weighted by Gasteiger charge is 2.70. The second-order valence-corrected chi connectivity index (χ2v) is 20.9. The largest absolute Gasteiger partial charge is 0.310 e. The van der Waals surface area contributed by atoms with Gasteiger partial charge in [0.1, 0.15) is 7.41 Å². The highest BCUT2D eigenvalue weighted by Crippen LogP contribution is 2.82. The van der Waals surface area contributed by atoms with E-state index in [9.17, 15) is 0 Å². The van der Waals surface area contributed by atoms with Crippen molar-refractivity contribution in [3.05, 3.63) is 53.6 Å². The zero-order valence-electron chi connectivity index (χ0n) is 23.0. The highest BCUT2D eigenvalue weighted by molar-refractivity contribution is 7.98. The number of fused-ring (bicyclic) bond motifs is 3. The monoisotopic (exact) mass is 528 g/mol. The van der Waals surface area contributed by atoms with E-state index >= 15 is 0 Å². The van der Waals surface area contributed by atoms with E-state index in [1.54, 1.807) is 15.9 Å². The van der Waals surface area contributed by atoms with Crippen LogP contribution in [-0.4, -0.2) is 45.3 Å². The molecule has 1 aromatic carbocycles. The molecule has 190 valence electrons. The minimum Gasteiger partial charge on any atom is -0.310 e. The first kappa shape index (κ1) is 26.0. The Labute approximate surface area is 219 Å². The lowest BCUT2D eigenvalue weighted by Crippen LogP contribution is -2.42. The number of rotatable bonds is 4. The molecule has 1 N–H and O–H groups in total. The average molecular weight is 529 g/mol. The lowest BCUT2D eigenvalue weighted by molar-refractivity contribution is 0.707. The molecular weight excluding hydrogens is 482 g/mol. The van der Waals surface area contributed by atoms with Gasteiger partial charge >= 0.3 is 0 Å². The predicted molar refractivity (Wildman–Crippen MR) is 164 cm³/mol. The third-order valence-electron chi connectivity index (χ3n) is 9.98. The second kappa shape index (κ2) is 9.62. The van der Waals surface area contributed by atoms with Gasteiger partial charge in [0.15, 0.2) is 10.6 Å². The third kappa shape index (κ3) is 3.55. The average Bonchev–Trinajstić information content (AvgIpc) is 3.37. The maximum Gasteiger partial charge on any atom is 0.175 e. The van der Waals surface area contributed by atoms with Crippen LogP contribution in [0.4, 0.5) is 0 Å². The fourth-order valence-electron chi connectivity index (χ4n) is 8.27. The first-order valence-electron chi connectivity index (χ1n) is 13.7. The van der Waals surface area contributed by atoms with Gasteiger partial charge in [-0.25, -0.2) is 0 Å². The molecule has 2 aromatic rings. The molecule has 2 spiro atoms. The second-order valence-electron chi connectivity index (χ2n) is 11.6. The van der Waals surface area contributed by atoms with E-state index in [2.05, 4.69) is 87.8 Å². The molecule has 2 saturated heterocycles. The molecule has 0 radical (unpaired) electrons. The molecule has 3 aliphatic rings. The highest BCUT2D eigenvalue weighted by atomic mass is 32.2. The molecular formula is C30H46N2P2S+2. The van der Waals surface area contributed by atoms with Gasteiger partial charge in [0.2, 0.25) is 0 Å². The van der Waals surface area contributed by atoms with Gasteiger partial charge < -0.3 is 4.57 Å². The smallest absolute Gasteiger partial charge is 0.175 e. The van der Waals surface area contributed by atoms with Crippen molar-refractivity contribution in [3.8, 4) is 5.69 Å². The molecule has 4 heterocycles. The molecule has 0 unspecified atom stereocenters. The summed E-state index contributed by atoms with van der Waals surface area (Å²) in [6.45, 7) is 20.3. The quantitative estimate of drug-likeness (QED) is 0.410. The SMILES string of the molecule is C=C1[C@H](CCSC)N[P+]2(c3c(c(C)n(-c4ccccc4)c3C)[P+]13[C@H](C)CC[C@H]3C)[C@H](C)CC[C@H]2C. The van der Waals surface area contributed by atoms with E-state index in [-0.39, 0.29) is 0 Å². The molecule has 0 saturated carbocycles. The maximum absolute atomic E-state index is 5.09. The van der Waals surface area contributed by atoms with Crippen LogP contribution in [0, 0.1) is 13.8 Å². The first-order chi connectivity index (χ1) is 16.7. The standard InChI is InChI=1S/C30H46N2P2S/c1-20-14-15-21(2)33(20)26(7)28(18-19-35-8)31-34(22(3)16-17-23(34)4)30-25(6)32(24(5)29(30)33)27-12-10-9-11-13-27/h9-13,20-23,28,31H,7,14-19H2,1-6,8H3/q+2/t20-,21-,22-,23-,28+/m1/s1. The molecule has 3 aliphatic heterocycles. The number of hydrogen-bond donors (Lipinski definition) is 1. The van der Waals surface area contributed by atoms with Crippen LogP contribution < -0.4 is 15.7 Å². The Morgan fingerprint density at radius 3 is 2.00 bits per heavy atom. The van der Waals surface area contributed by atoms with Crippen LogP contribution in [0.3, 0.4) is 0 Å². The predicted octanol–water partition coefficient (Wildman–Crippen LogP) is 7.68. The number of benzene rings is 1. The van der Waals surface area contributed by atoms with Crippen molar-refractivity contribution in [2.45, 2.75) is 102 Å². The number of para-hydroxylation sites is 1. The van der Waals surface area contributed by atoms with Crippen LogP contribution in [0.2, 0.25) is 0 Å². The van der Waals surface area contributed by atoms with Gasteiger partial charge in [-0.15, -0.1) is 0 Å². The van der Waals surface area contributed by atoms with Crippen LogP contribution in [-0.2, 0) is 0 Å². The lowest BCUT2D eigenvalue weighted by atomic mass is 10.2. The molecule has 5 heteroatoms. The van der Waals surface area contributed by atoms with Crippen molar-refractivity contribution in [1.29, 1.82) is 0 Å². The molecule has 2 fully saturated rings. The van der Waals surface area contributed by atoms with Crippen molar-refractivity contribution in [2.24, 2.45) is 0 Å². The van der Waals surface area contributed by atoms with E-state index in [0.717, 1.165) is 22.6 Å². The summed E-state index contributed by atoms with van der Waals surface area (Å²) in [4.78, 5) is 0. The number of nitrogens with zero attached hydrogens (tertiary/aromatic N) is 1. The summed E-state index contributed by atoms with van der Waals surface area (Å²) in [7, 11) is -3.20. The molecule has 0 aliphatic carbocycles. The summed E-state index contributed by atoms with van der Waals surface area (Å²) < 4.78 is 2.64. The molecule has 35 heavy (non-hydrogen) atoms. The summed E-state index contributed by atoms with van der Waals surface area (Å²) >= 11 is 2.00. The number of aromatic nitrogens is 1. The van der Waals surface area contributed by atoms with Crippen molar-refractivity contribution in [2.75, 3.05) is 12.0 Å². The van der Waals surface area contributed by atoms with Crippen LogP contribution in [0.15, 0.2) is 42.2 Å². The molecule has 1 aromatic heterocycles. The van der Waals surface area contributed by atoms with Gasteiger partial charge in [-0.05, 0) is 97.8 Å². The molecule has 0 bridgehead atoms. The van der Waals surface area contributed by atoms with E-state index in [4.69, 9.17) is 6.58 Å². The molecule has 2 nitrogen and oxygen atoms in total. The Balaban J connectivity index is 1.89. The third-order valence-corrected chi connectivity index (χ3v) is 22.0. The lowest BCUT2D eigenvalue weighted by Gasteiger charge is -2.34. The Morgan fingerprint density at radius 1 is 0.886 bits per heavy atom. The minimum atomic E-state index is -1.60. The Bertz CT molecular complexity index is 1090. The van der Waals surface area contributed by atoms with Gasteiger partial charge in [0.25, 0.3) is 0 Å². The first-order valence-corrected chi connectivity index (χ1v) is 19.0. The molecule has 5 rings (SSSR count). The van der Waals surface area contributed by atoms with Crippen LogP contribution in [0.1, 0.15) is 71.2 Å². The summed E-state index contributed by atoms with van der Waals surface area (Å²) in [5, 5.41) is 9.77. The topological polar surface area (TPSA) is 17.0 Å². The summed E-state index contributed by atoms with van der Waals surface area (Å²) in [5.74, 6) is 1.22. The minimum absolute atomic E-state index is 0.464. The number of hydrogen-bond acceptors (Lipinski definition) is 2. The van der Waals surface area contributed by atoms with Crippen molar-refractivity contribution < 1.29 is 0 Å². The van der Waals surface area contributed by atoms with E-state index < -0.39 is 14.7 Å². The fraction of sp³-hybridized carbons (Fsp3) is 0.600. The zero-order chi connectivity index (χ0) is 25.1. The molecule has 5 atom stereocenters. The zero-order valence-corrected chi connectivity index (χ0v) is 25.6. The normalized spacial score (nSPS) is 31.3. The van der Waals surface area contributed by atoms with Gasteiger partial charge in [-0.2, -0.15) is 16.8 Å². The summed E-state index contributed by atoms with van der Waals surface area (Å²) in [5.41, 5.74) is 7.31. The fourth-order valence-corrected chi connectivity index (χ4v) is 21.4. The van der Waals surface area contributed by atoms with Crippen LogP contribution >= 0.6 is 26.4 Å². The van der Waals surface area contributed by atoms with Gasteiger partial charge in [-0.3, -0.25) is 0 Å².